The fourth-order valence-corrected chi connectivity index (χ4v) is 3.55. The van der Waals surface area contributed by atoms with Gasteiger partial charge in [0, 0.05) is 42.8 Å². The number of ether oxygens (including phenoxy) is 1. The highest BCUT2D eigenvalue weighted by Gasteiger charge is 2.43. The van der Waals surface area contributed by atoms with Gasteiger partial charge in [0.25, 0.3) is 0 Å². The lowest BCUT2D eigenvalue weighted by Crippen LogP contribution is -2.23. The highest BCUT2D eigenvalue weighted by molar-refractivity contribution is 5.42. The van der Waals surface area contributed by atoms with Gasteiger partial charge in [-0.25, -0.2) is 4.98 Å². The highest BCUT2D eigenvalue weighted by atomic mass is 16.5. The molecule has 4 rings (SSSR count). The molecule has 1 saturated heterocycles. The molecule has 3 N–H and O–H groups in total. The lowest BCUT2D eigenvalue weighted by Gasteiger charge is -2.18. The maximum atomic E-state index is 5.91. The molecular weight excluding hydrogens is 316 g/mol. The quantitative estimate of drug-likeness (QED) is 0.837. The summed E-state index contributed by atoms with van der Waals surface area (Å²) in [5.74, 6) is 1.47. The Balaban J connectivity index is 1.43. The van der Waals surface area contributed by atoms with Crippen LogP contribution in [0.3, 0.4) is 0 Å². The number of nitrogens with two attached hydrogens (primary N) is 1. The fourth-order valence-electron chi connectivity index (χ4n) is 3.55. The Morgan fingerprint density at radius 2 is 2.16 bits per heavy atom. The molecule has 0 radical (unpaired) electrons. The van der Waals surface area contributed by atoms with Crippen molar-refractivity contribution < 1.29 is 4.74 Å². The van der Waals surface area contributed by atoms with Gasteiger partial charge < -0.3 is 15.8 Å². The Labute approximate surface area is 148 Å². The van der Waals surface area contributed by atoms with Crippen LogP contribution in [0.1, 0.15) is 42.3 Å². The number of nitrogens with zero attached hydrogens (tertiary/aromatic N) is 4. The average Bonchev–Trinajstić information content (AvgIpc) is 2.98. The Bertz CT molecular complexity index is 761. The van der Waals surface area contributed by atoms with Crippen LogP contribution in [0.4, 0.5) is 11.8 Å². The number of rotatable bonds is 6. The molecule has 25 heavy (non-hydrogen) atoms. The van der Waals surface area contributed by atoms with Gasteiger partial charge in [-0.3, -0.25) is 4.68 Å². The third-order valence-corrected chi connectivity index (χ3v) is 5.30. The van der Waals surface area contributed by atoms with Crippen molar-refractivity contribution in [2.24, 2.45) is 5.41 Å². The standard InChI is InChI=1S/C18H26N6O/c1-12-7-13(2)24(23-12)11-18(4-5-18)10-20-16-8-15(21-17(19)22-16)14-3-6-25-9-14/h7-8,14H,3-6,9-11H2,1-2H3,(H3,19,20,21,22)/t14-/m0/s1. The van der Waals surface area contributed by atoms with Crippen LogP contribution in [0.15, 0.2) is 12.1 Å². The zero-order valence-corrected chi connectivity index (χ0v) is 15.0. The molecule has 0 unspecified atom stereocenters. The van der Waals surface area contributed by atoms with Crippen molar-refractivity contribution in [2.75, 3.05) is 30.8 Å². The molecule has 7 heteroatoms. The molecule has 0 amide bonds. The minimum atomic E-state index is 0.263. The van der Waals surface area contributed by atoms with Crippen LogP contribution in [-0.4, -0.2) is 39.5 Å². The van der Waals surface area contributed by atoms with Crippen molar-refractivity contribution >= 4 is 11.8 Å². The zero-order chi connectivity index (χ0) is 17.4. The van der Waals surface area contributed by atoms with Crippen molar-refractivity contribution in [1.29, 1.82) is 0 Å². The van der Waals surface area contributed by atoms with E-state index in [0.717, 1.165) is 49.9 Å². The third-order valence-electron chi connectivity index (χ3n) is 5.30. The number of nitrogen functional groups attached to an aromatic ring is 1. The topological polar surface area (TPSA) is 90.9 Å². The second-order valence-electron chi connectivity index (χ2n) is 7.54. The largest absolute Gasteiger partial charge is 0.381 e. The van der Waals surface area contributed by atoms with E-state index in [-0.39, 0.29) is 5.41 Å². The second kappa shape index (κ2) is 6.29. The van der Waals surface area contributed by atoms with Crippen molar-refractivity contribution in [2.45, 2.75) is 45.6 Å². The lowest BCUT2D eigenvalue weighted by molar-refractivity contribution is 0.193. The number of aromatic nitrogens is 4. The SMILES string of the molecule is Cc1cc(C)n(CC2(CNc3cc([C@H]4CCOC4)nc(N)n3)CC2)n1. The summed E-state index contributed by atoms with van der Waals surface area (Å²) in [6.45, 7) is 7.50. The van der Waals surface area contributed by atoms with E-state index >= 15 is 0 Å². The molecule has 2 fully saturated rings. The van der Waals surface area contributed by atoms with E-state index in [1.165, 1.54) is 18.5 Å². The van der Waals surface area contributed by atoms with Crippen molar-refractivity contribution in [3.63, 3.8) is 0 Å². The maximum Gasteiger partial charge on any atom is 0.222 e. The lowest BCUT2D eigenvalue weighted by atomic mass is 10.0. The molecule has 2 aromatic heterocycles. The van der Waals surface area contributed by atoms with Crippen LogP contribution in [-0.2, 0) is 11.3 Å². The van der Waals surface area contributed by atoms with E-state index in [9.17, 15) is 0 Å². The van der Waals surface area contributed by atoms with E-state index in [0.29, 0.717) is 11.9 Å². The van der Waals surface area contributed by atoms with E-state index in [1.807, 2.05) is 13.0 Å². The summed E-state index contributed by atoms with van der Waals surface area (Å²) < 4.78 is 7.59. The Kier molecular flexibility index (Phi) is 4.11. The minimum Gasteiger partial charge on any atom is -0.381 e. The summed E-state index contributed by atoms with van der Waals surface area (Å²) in [7, 11) is 0. The first-order valence-corrected chi connectivity index (χ1v) is 9.00. The normalized spacial score (nSPS) is 21.4. The molecule has 3 heterocycles. The molecule has 0 spiro atoms. The van der Waals surface area contributed by atoms with Gasteiger partial charge in [-0.15, -0.1) is 0 Å². The first-order chi connectivity index (χ1) is 12.0. The molecule has 1 aliphatic carbocycles. The summed E-state index contributed by atoms with van der Waals surface area (Å²) in [6, 6.07) is 4.15. The molecular formula is C18H26N6O. The van der Waals surface area contributed by atoms with Crippen LogP contribution in [0.2, 0.25) is 0 Å². The van der Waals surface area contributed by atoms with Gasteiger partial charge in [0.2, 0.25) is 5.95 Å². The summed E-state index contributed by atoms with van der Waals surface area (Å²) in [4.78, 5) is 8.75. The number of hydrogen-bond donors (Lipinski definition) is 2. The van der Waals surface area contributed by atoms with Gasteiger partial charge in [0.15, 0.2) is 0 Å². The van der Waals surface area contributed by atoms with Crippen LogP contribution >= 0.6 is 0 Å². The first kappa shape index (κ1) is 16.3. The van der Waals surface area contributed by atoms with Gasteiger partial charge in [0.1, 0.15) is 5.82 Å². The summed E-state index contributed by atoms with van der Waals surface area (Å²) in [5.41, 5.74) is 9.45. The molecule has 2 aliphatic rings. The van der Waals surface area contributed by atoms with Crippen LogP contribution in [0.25, 0.3) is 0 Å². The molecule has 1 aliphatic heterocycles. The predicted octanol–water partition coefficient (Wildman–Crippen LogP) is 2.27. The van der Waals surface area contributed by atoms with E-state index < -0.39 is 0 Å². The predicted molar refractivity (Wildman–Crippen MR) is 96.5 cm³/mol. The highest BCUT2D eigenvalue weighted by Crippen LogP contribution is 2.47. The number of nitrogens with one attached hydrogen (secondary N) is 1. The average molecular weight is 342 g/mol. The smallest absolute Gasteiger partial charge is 0.222 e. The Hall–Kier alpha value is -2.15. The molecule has 0 aromatic carbocycles. The molecule has 0 bridgehead atoms. The summed E-state index contributed by atoms with van der Waals surface area (Å²) >= 11 is 0. The zero-order valence-electron chi connectivity index (χ0n) is 15.0. The molecule has 7 nitrogen and oxygen atoms in total. The maximum absolute atomic E-state index is 5.91. The first-order valence-electron chi connectivity index (χ1n) is 9.00. The molecule has 134 valence electrons. The Morgan fingerprint density at radius 1 is 1.32 bits per heavy atom. The number of anilines is 2. The third kappa shape index (κ3) is 3.61. The number of hydrogen-bond acceptors (Lipinski definition) is 6. The minimum absolute atomic E-state index is 0.263. The van der Waals surface area contributed by atoms with Crippen LogP contribution in [0, 0.1) is 19.3 Å². The summed E-state index contributed by atoms with van der Waals surface area (Å²) in [5, 5.41) is 8.09. The molecule has 1 atom stereocenters. The fraction of sp³-hybridized carbons (Fsp3) is 0.611. The number of aryl methyl sites for hydroxylation is 2. The van der Waals surface area contributed by atoms with Gasteiger partial charge in [-0.2, -0.15) is 10.1 Å². The van der Waals surface area contributed by atoms with Gasteiger partial charge in [-0.05, 0) is 39.2 Å². The summed E-state index contributed by atoms with van der Waals surface area (Å²) in [6.07, 6.45) is 3.42. The van der Waals surface area contributed by atoms with Crippen LogP contribution in [0.5, 0.6) is 0 Å². The molecule has 2 aromatic rings. The van der Waals surface area contributed by atoms with Gasteiger partial charge in [-0.1, -0.05) is 0 Å². The van der Waals surface area contributed by atoms with E-state index in [1.54, 1.807) is 0 Å². The Morgan fingerprint density at radius 3 is 2.80 bits per heavy atom. The van der Waals surface area contributed by atoms with Crippen molar-refractivity contribution in [3.05, 3.63) is 29.2 Å². The van der Waals surface area contributed by atoms with Crippen molar-refractivity contribution in [1.82, 2.24) is 19.7 Å². The molecule has 1 saturated carbocycles. The van der Waals surface area contributed by atoms with Crippen LogP contribution < -0.4 is 11.1 Å². The van der Waals surface area contributed by atoms with Crippen molar-refractivity contribution in [3.8, 4) is 0 Å². The second-order valence-corrected chi connectivity index (χ2v) is 7.54. The van der Waals surface area contributed by atoms with E-state index in [2.05, 4.69) is 38.1 Å². The van der Waals surface area contributed by atoms with Gasteiger partial charge in [0.05, 0.1) is 18.0 Å². The van der Waals surface area contributed by atoms with Gasteiger partial charge >= 0.3 is 0 Å². The van der Waals surface area contributed by atoms with E-state index in [4.69, 9.17) is 10.5 Å². The monoisotopic (exact) mass is 342 g/mol.